The molecule has 0 heterocycles. The summed E-state index contributed by atoms with van der Waals surface area (Å²) < 4.78 is 36.0. The standard InChI is InChI=1S/C25H24O5S/c1-17-15-18(2)25(19(3)16-17)31(27,28)30-23-10-5-20(6-11-23)7-14-24(26)21-8-12-22(29-4)13-9-21/h5-16H,1-4H3. The van der Waals surface area contributed by atoms with Crippen LogP contribution in [0.2, 0.25) is 0 Å². The Labute approximate surface area is 183 Å². The lowest BCUT2D eigenvalue weighted by Crippen LogP contribution is -2.13. The fourth-order valence-electron chi connectivity index (χ4n) is 3.39. The largest absolute Gasteiger partial charge is 0.497 e. The normalized spacial score (nSPS) is 11.5. The van der Waals surface area contributed by atoms with Gasteiger partial charge in [-0.25, -0.2) is 0 Å². The molecule has 0 unspecified atom stereocenters. The Morgan fingerprint density at radius 3 is 1.94 bits per heavy atom. The number of benzene rings is 3. The Hall–Kier alpha value is -3.38. The Morgan fingerprint density at radius 2 is 1.39 bits per heavy atom. The molecular formula is C25H24O5S. The molecule has 0 spiro atoms. The molecule has 3 aromatic carbocycles. The van der Waals surface area contributed by atoms with Crippen LogP contribution >= 0.6 is 0 Å². The highest BCUT2D eigenvalue weighted by Gasteiger charge is 2.22. The second-order valence-electron chi connectivity index (χ2n) is 7.26. The molecule has 0 radical (unpaired) electrons. The van der Waals surface area contributed by atoms with Gasteiger partial charge in [-0.1, -0.05) is 35.9 Å². The molecule has 160 valence electrons. The van der Waals surface area contributed by atoms with Crippen LogP contribution in [0, 0.1) is 20.8 Å². The monoisotopic (exact) mass is 436 g/mol. The van der Waals surface area contributed by atoms with E-state index in [-0.39, 0.29) is 16.4 Å². The molecule has 3 aromatic rings. The predicted octanol–water partition coefficient (Wildman–Crippen LogP) is 5.28. The van der Waals surface area contributed by atoms with Gasteiger partial charge in [0.1, 0.15) is 16.4 Å². The van der Waals surface area contributed by atoms with Crippen molar-refractivity contribution in [1.82, 2.24) is 0 Å². The number of hydrogen-bond acceptors (Lipinski definition) is 5. The lowest BCUT2D eigenvalue weighted by molar-refractivity contribution is 0.104. The molecule has 0 fully saturated rings. The van der Waals surface area contributed by atoms with Gasteiger partial charge in [0.15, 0.2) is 5.78 Å². The quantitative estimate of drug-likeness (QED) is 0.286. The van der Waals surface area contributed by atoms with E-state index >= 15 is 0 Å². The summed E-state index contributed by atoms with van der Waals surface area (Å²) in [7, 11) is -2.39. The molecule has 0 saturated carbocycles. The van der Waals surface area contributed by atoms with Crippen molar-refractivity contribution in [2.24, 2.45) is 0 Å². The first-order valence-corrected chi connectivity index (χ1v) is 11.1. The summed E-state index contributed by atoms with van der Waals surface area (Å²) in [6.07, 6.45) is 3.13. The maximum Gasteiger partial charge on any atom is 0.339 e. The number of ether oxygens (including phenoxy) is 1. The molecule has 3 rings (SSSR count). The van der Waals surface area contributed by atoms with E-state index in [9.17, 15) is 13.2 Å². The third-order valence-electron chi connectivity index (χ3n) is 4.74. The molecule has 0 aliphatic heterocycles. The highest BCUT2D eigenvalue weighted by atomic mass is 32.2. The van der Waals surface area contributed by atoms with Crippen LogP contribution in [0.4, 0.5) is 0 Å². The van der Waals surface area contributed by atoms with Gasteiger partial charge >= 0.3 is 10.1 Å². The van der Waals surface area contributed by atoms with E-state index < -0.39 is 10.1 Å². The molecule has 0 saturated heterocycles. The Bertz CT molecular complexity index is 1200. The lowest BCUT2D eigenvalue weighted by atomic mass is 10.1. The minimum absolute atomic E-state index is 0.143. The number of hydrogen-bond donors (Lipinski definition) is 0. The van der Waals surface area contributed by atoms with Gasteiger partial charge in [-0.05, 0) is 79.9 Å². The number of carbonyl (C=O) groups is 1. The number of allylic oxidation sites excluding steroid dienone is 1. The molecule has 31 heavy (non-hydrogen) atoms. The Morgan fingerprint density at radius 1 is 0.839 bits per heavy atom. The topological polar surface area (TPSA) is 69.7 Å². The summed E-state index contributed by atoms with van der Waals surface area (Å²) in [5, 5.41) is 0. The zero-order chi connectivity index (χ0) is 22.6. The maximum absolute atomic E-state index is 12.8. The van der Waals surface area contributed by atoms with Crippen LogP contribution in [0.15, 0.2) is 71.6 Å². The summed E-state index contributed by atoms with van der Waals surface area (Å²) in [6.45, 7) is 5.43. The van der Waals surface area contributed by atoms with Crippen LogP contribution in [0.1, 0.15) is 32.6 Å². The molecule has 0 aliphatic rings. The second kappa shape index (κ2) is 9.18. The van der Waals surface area contributed by atoms with Crippen LogP contribution in [0.5, 0.6) is 11.5 Å². The molecule has 0 aromatic heterocycles. The van der Waals surface area contributed by atoms with E-state index in [0.29, 0.717) is 22.4 Å². The van der Waals surface area contributed by atoms with Crippen molar-refractivity contribution >= 4 is 22.0 Å². The number of aryl methyl sites for hydroxylation is 3. The summed E-state index contributed by atoms with van der Waals surface area (Å²) in [5.41, 5.74) is 3.58. The van der Waals surface area contributed by atoms with Crippen molar-refractivity contribution in [3.63, 3.8) is 0 Å². The molecule has 0 N–H and O–H groups in total. The van der Waals surface area contributed by atoms with Gasteiger partial charge in [0.2, 0.25) is 0 Å². The Kier molecular flexibility index (Phi) is 6.61. The summed E-state index contributed by atoms with van der Waals surface area (Å²) in [6, 6.07) is 17.0. The molecule has 6 heteroatoms. The summed E-state index contributed by atoms with van der Waals surface area (Å²) >= 11 is 0. The average Bonchev–Trinajstić information content (AvgIpc) is 2.71. The minimum atomic E-state index is -3.95. The molecule has 0 bridgehead atoms. The second-order valence-corrected chi connectivity index (χ2v) is 8.74. The van der Waals surface area contributed by atoms with Crippen molar-refractivity contribution in [1.29, 1.82) is 0 Å². The van der Waals surface area contributed by atoms with Crippen molar-refractivity contribution in [3.05, 3.63) is 94.6 Å². The van der Waals surface area contributed by atoms with Gasteiger partial charge in [0.25, 0.3) is 0 Å². The highest BCUT2D eigenvalue weighted by molar-refractivity contribution is 7.87. The van der Waals surface area contributed by atoms with E-state index in [4.69, 9.17) is 8.92 Å². The van der Waals surface area contributed by atoms with Crippen LogP contribution in [-0.2, 0) is 10.1 Å². The van der Waals surface area contributed by atoms with Crippen molar-refractivity contribution in [3.8, 4) is 11.5 Å². The number of methoxy groups -OCH3 is 1. The Balaban J connectivity index is 1.72. The predicted molar refractivity (Wildman–Crippen MR) is 121 cm³/mol. The van der Waals surface area contributed by atoms with Crippen LogP contribution < -0.4 is 8.92 Å². The average molecular weight is 437 g/mol. The molecule has 5 nitrogen and oxygen atoms in total. The molecule has 0 amide bonds. The first-order valence-electron chi connectivity index (χ1n) is 9.68. The van der Waals surface area contributed by atoms with Crippen LogP contribution in [0.3, 0.4) is 0 Å². The van der Waals surface area contributed by atoms with Gasteiger partial charge in [-0.2, -0.15) is 8.42 Å². The van der Waals surface area contributed by atoms with Gasteiger partial charge < -0.3 is 8.92 Å². The minimum Gasteiger partial charge on any atom is -0.497 e. The summed E-state index contributed by atoms with van der Waals surface area (Å²) in [5.74, 6) is 0.746. The van der Waals surface area contributed by atoms with Gasteiger partial charge in [0.05, 0.1) is 7.11 Å². The van der Waals surface area contributed by atoms with E-state index in [1.54, 1.807) is 75.6 Å². The fraction of sp³-hybridized carbons (Fsp3) is 0.160. The lowest BCUT2D eigenvalue weighted by Gasteiger charge is -2.13. The molecule has 0 atom stereocenters. The molecular weight excluding hydrogens is 412 g/mol. The van der Waals surface area contributed by atoms with Crippen LogP contribution in [0.25, 0.3) is 6.08 Å². The third kappa shape index (κ3) is 5.41. The summed E-state index contributed by atoms with van der Waals surface area (Å²) in [4.78, 5) is 12.5. The number of rotatable bonds is 7. The van der Waals surface area contributed by atoms with Gasteiger partial charge in [-0.15, -0.1) is 0 Å². The number of carbonyl (C=O) groups excluding carboxylic acids is 1. The first kappa shape index (κ1) is 22.3. The van der Waals surface area contributed by atoms with Crippen molar-refractivity contribution in [2.45, 2.75) is 25.7 Å². The van der Waals surface area contributed by atoms with Gasteiger partial charge in [-0.3, -0.25) is 4.79 Å². The smallest absolute Gasteiger partial charge is 0.339 e. The van der Waals surface area contributed by atoms with E-state index in [1.807, 2.05) is 19.1 Å². The maximum atomic E-state index is 12.8. The highest BCUT2D eigenvalue weighted by Crippen LogP contribution is 2.26. The zero-order valence-electron chi connectivity index (χ0n) is 17.9. The number of ketones is 1. The van der Waals surface area contributed by atoms with Crippen molar-refractivity contribution in [2.75, 3.05) is 7.11 Å². The molecule has 0 aliphatic carbocycles. The van der Waals surface area contributed by atoms with E-state index in [0.717, 1.165) is 11.1 Å². The fourth-order valence-corrected chi connectivity index (χ4v) is 4.74. The first-order chi connectivity index (χ1) is 14.7. The van der Waals surface area contributed by atoms with Crippen molar-refractivity contribution < 1.29 is 22.1 Å². The third-order valence-corrected chi connectivity index (χ3v) is 6.30. The zero-order valence-corrected chi connectivity index (χ0v) is 18.7. The van der Waals surface area contributed by atoms with Crippen LogP contribution in [-0.4, -0.2) is 21.3 Å². The van der Waals surface area contributed by atoms with Gasteiger partial charge in [0, 0.05) is 5.56 Å². The van der Waals surface area contributed by atoms with E-state index in [1.165, 1.54) is 6.08 Å². The SMILES string of the molecule is COc1ccc(C(=O)C=Cc2ccc(OS(=O)(=O)c3c(C)cc(C)cc3C)cc2)cc1. The van der Waals surface area contributed by atoms with E-state index in [2.05, 4.69) is 0 Å².